The van der Waals surface area contributed by atoms with E-state index in [1.54, 1.807) is 0 Å². The second-order valence-electron chi connectivity index (χ2n) is 6.22. The van der Waals surface area contributed by atoms with Crippen LogP contribution in [0.15, 0.2) is 48.5 Å². The van der Waals surface area contributed by atoms with E-state index in [4.69, 9.17) is 4.98 Å². The molecule has 3 heteroatoms. The molecule has 1 heterocycles. The van der Waals surface area contributed by atoms with Crippen LogP contribution in [0.2, 0.25) is 0 Å². The van der Waals surface area contributed by atoms with Crippen molar-refractivity contribution in [2.24, 2.45) is 0 Å². The minimum atomic E-state index is 1.01. The van der Waals surface area contributed by atoms with E-state index in [2.05, 4.69) is 66.1 Å². The molecule has 1 aromatic heterocycles. The minimum Gasteiger partial charge on any atom is -0.384 e. The maximum absolute atomic E-state index is 4.78. The van der Waals surface area contributed by atoms with Gasteiger partial charge in [-0.2, -0.15) is 0 Å². The number of hydrogen-bond donors (Lipinski definition) is 2. The number of nitrogens with zero attached hydrogens (tertiary/aromatic N) is 1. The quantitative estimate of drug-likeness (QED) is 0.431. The Kier molecular flexibility index (Phi) is 6.02. The fraction of sp³-hybridized carbons (Fsp3) is 0.381. The summed E-state index contributed by atoms with van der Waals surface area (Å²) in [5, 5.41) is 9.48. The number of anilines is 1. The van der Waals surface area contributed by atoms with Crippen molar-refractivity contribution in [2.75, 3.05) is 25.0 Å². The number of aromatic nitrogens is 1. The van der Waals surface area contributed by atoms with Crippen LogP contribution in [0, 0.1) is 0 Å². The second kappa shape index (κ2) is 8.65. The molecule has 3 aromatic rings. The third-order valence-corrected chi connectivity index (χ3v) is 4.42. The lowest BCUT2D eigenvalue weighted by atomic mass is 10.1. The first-order valence-electron chi connectivity index (χ1n) is 9.12. The predicted molar refractivity (Wildman–Crippen MR) is 105 cm³/mol. The van der Waals surface area contributed by atoms with Gasteiger partial charge in [0.25, 0.3) is 0 Å². The molecule has 0 fully saturated rings. The van der Waals surface area contributed by atoms with E-state index in [0.29, 0.717) is 0 Å². The SMILES string of the molecule is CCNCCCCCCNc1c2ccccc2nc2ccccc12. The zero-order chi connectivity index (χ0) is 16.6. The van der Waals surface area contributed by atoms with E-state index in [0.717, 1.165) is 30.7 Å². The highest BCUT2D eigenvalue weighted by molar-refractivity contribution is 6.07. The molecule has 3 rings (SSSR count). The lowest BCUT2D eigenvalue weighted by Crippen LogP contribution is -2.13. The molecule has 0 amide bonds. The Morgan fingerprint density at radius 1 is 0.750 bits per heavy atom. The van der Waals surface area contributed by atoms with E-state index in [-0.39, 0.29) is 0 Å². The molecule has 0 saturated carbocycles. The van der Waals surface area contributed by atoms with Gasteiger partial charge in [-0.15, -0.1) is 0 Å². The van der Waals surface area contributed by atoms with Crippen molar-refractivity contribution in [3.8, 4) is 0 Å². The van der Waals surface area contributed by atoms with Crippen LogP contribution in [0.1, 0.15) is 32.6 Å². The van der Waals surface area contributed by atoms with Crippen LogP contribution in [-0.2, 0) is 0 Å². The first kappa shape index (κ1) is 16.7. The number of nitrogens with one attached hydrogen (secondary N) is 2. The van der Waals surface area contributed by atoms with Gasteiger partial charge >= 0.3 is 0 Å². The van der Waals surface area contributed by atoms with Gasteiger partial charge in [0, 0.05) is 17.3 Å². The summed E-state index contributed by atoms with van der Waals surface area (Å²) in [6.45, 7) is 5.39. The van der Waals surface area contributed by atoms with Crippen molar-refractivity contribution >= 4 is 27.5 Å². The molecule has 0 spiro atoms. The molecular weight excluding hydrogens is 294 g/mol. The maximum Gasteiger partial charge on any atom is 0.0730 e. The highest BCUT2D eigenvalue weighted by atomic mass is 14.9. The minimum absolute atomic E-state index is 1.01. The van der Waals surface area contributed by atoms with Crippen molar-refractivity contribution in [1.82, 2.24) is 10.3 Å². The Bertz CT molecular complexity index is 728. The first-order valence-corrected chi connectivity index (χ1v) is 9.12. The molecule has 0 bridgehead atoms. The van der Waals surface area contributed by atoms with Crippen LogP contribution in [0.5, 0.6) is 0 Å². The van der Waals surface area contributed by atoms with Crippen LogP contribution in [0.25, 0.3) is 21.8 Å². The third-order valence-electron chi connectivity index (χ3n) is 4.42. The summed E-state index contributed by atoms with van der Waals surface area (Å²) >= 11 is 0. The fourth-order valence-corrected chi connectivity index (χ4v) is 3.15. The fourth-order valence-electron chi connectivity index (χ4n) is 3.15. The third kappa shape index (κ3) is 4.04. The number of pyridine rings is 1. The molecule has 0 saturated heterocycles. The topological polar surface area (TPSA) is 37.0 Å². The molecule has 126 valence electrons. The largest absolute Gasteiger partial charge is 0.384 e. The zero-order valence-corrected chi connectivity index (χ0v) is 14.5. The smallest absolute Gasteiger partial charge is 0.0730 e. The Balaban J connectivity index is 1.66. The van der Waals surface area contributed by atoms with Crippen LogP contribution in [0.3, 0.4) is 0 Å². The van der Waals surface area contributed by atoms with E-state index in [1.807, 2.05) is 0 Å². The molecule has 0 aliphatic carbocycles. The van der Waals surface area contributed by atoms with Crippen molar-refractivity contribution < 1.29 is 0 Å². The molecule has 24 heavy (non-hydrogen) atoms. The van der Waals surface area contributed by atoms with Gasteiger partial charge in [0.05, 0.1) is 16.7 Å². The van der Waals surface area contributed by atoms with Crippen molar-refractivity contribution in [1.29, 1.82) is 0 Å². The van der Waals surface area contributed by atoms with Crippen LogP contribution < -0.4 is 10.6 Å². The normalized spacial score (nSPS) is 11.2. The molecule has 0 aliphatic rings. The number of benzene rings is 2. The molecule has 0 aliphatic heterocycles. The lowest BCUT2D eigenvalue weighted by molar-refractivity contribution is 0.605. The zero-order valence-electron chi connectivity index (χ0n) is 14.5. The van der Waals surface area contributed by atoms with Crippen LogP contribution >= 0.6 is 0 Å². The van der Waals surface area contributed by atoms with Crippen molar-refractivity contribution in [3.05, 3.63) is 48.5 Å². The summed E-state index contributed by atoms with van der Waals surface area (Å²) in [5.74, 6) is 0. The van der Waals surface area contributed by atoms with Crippen LogP contribution in [-0.4, -0.2) is 24.6 Å². The van der Waals surface area contributed by atoms with Crippen LogP contribution in [0.4, 0.5) is 5.69 Å². The molecule has 2 N–H and O–H groups in total. The number of unbranched alkanes of at least 4 members (excludes halogenated alkanes) is 3. The standard InChI is InChI=1S/C21H27N3/c1-2-22-15-9-3-4-10-16-23-21-17-11-5-7-13-19(17)24-20-14-8-6-12-18(20)21/h5-8,11-14,22H,2-4,9-10,15-16H2,1H3,(H,23,24). The van der Waals surface area contributed by atoms with E-state index in [9.17, 15) is 0 Å². The summed E-state index contributed by atoms with van der Waals surface area (Å²) in [4.78, 5) is 4.78. The molecule has 2 aromatic carbocycles. The van der Waals surface area contributed by atoms with Crippen molar-refractivity contribution in [2.45, 2.75) is 32.6 Å². The number of fused-ring (bicyclic) bond motifs is 2. The van der Waals surface area contributed by atoms with Gasteiger partial charge in [0.1, 0.15) is 0 Å². The summed E-state index contributed by atoms with van der Waals surface area (Å²) in [5.41, 5.74) is 3.34. The number of rotatable bonds is 9. The average Bonchev–Trinajstić information content (AvgIpc) is 2.63. The van der Waals surface area contributed by atoms with Gasteiger partial charge in [-0.1, -0.05) is 56.2 Å². The predicted octanol–water partition coefficient (Wildman–Crippen LogP) is 4.97. The van der Waals surface area contributed by atoms with E-state index >= 15 is 0 Å². The lowest BCUT2D eigenvalue weighted by Gasteiger charge is -2.13. The Morgan fingerprint density at radius 3 is 1.96 bits per heavy atom. The molecule has 0 radical (unpaired) electrons. The number of para-hydroxylation sites is 2. The Morgan fingerprint density at radius 2 is 1.33 bits per heavy atom. The van der Waals surface area contributed by atoms with Gasteiger partial charge in [0.2, 0.25) is 0 Å². The molecule has 0 atom stereocenters. The second-order valence-corrected chi connectivity index (χ2v) is 6.22. The Labute approximate surface area is 144 Å². The van der Waals surface area contributed by atoms with E-state index in [1.165, 1.54) is 42.1 Å². The maximum atomic E-state index is 4.78. The van der Waals surface area contributed by atoms with E-state index < -0.39 is 0 Å². The number of hydrogen-bond acceptors (Lipinski definition) is 3. The monoisotopic (exact) mass is 321 g/mol. The summed E-state index contributed by atoms with van der Waals surface area (Å²) < 4.78 is 0. The van der Waals surface area contributed by atoms with Gasteiger partial charge in [-0.3, -0.25) is 0 Å². The average molecular weight is 321 g/mol. The highest BCUT2D eigenvalue weighted by Gasteiger charge is 2.07. The highest BCUT2D eigenvalue weighted by Crippen LogP contribution is 2.30. The van der Waals surface area contributed by atoms with Gasteiger partial charge in [0.15, 0.2) is 0 Å². The van der Waals surface area contributed by atoms with Gasteiger partial charge in [-0.05, 0) is 38.1 Å². The summed E-state index contributed by atoms with van der Waals surface area (Å²) in [7, 11) is 0. The molecule has 0 unspecified atom stereocenters. The van der Waals surface area contributed by atoms with Gasteiger partial charge in [-0.25, -0.2) is 4.98 Å². The summed E-state index contributed by atoms with van der Waals surface area (Å²) in [6, 6.07) is 16.8. The Hall–Kier alpha value is -2.13. The summed E-state index contributed by atoms with van der Waals surface area (Å²) in [6.07, 6.45) is 5.05. The van der Waals surface area contributed by atoms with Gasteiger partial charge < -0.3 is 10.6 Å². The first-order chi connectivity index (χ1) is 11.9. The van der Waals surface area contributed by atoms with Crippen molar-refractivity contribution in [3.63, 3.8) is 0 Å². The molecular formula is C21H27N3. The molecule has 3 nitrogen and oxygen atoms in total.